The number of aromatic nitrogens is 2. The van der Waals surface area contributed by atoms with E-state index in [4.69, 9.17) is 16.7 Å². The highest BCUT2D eigenvalue weighted by Gasteiger charge is 2.13. The van der Waals surface area contributed by atoms with Gasteiger partial charge in [-0.2, -0.15) is 5.10 Å². The van der Waals surface area contributed by atoms with Gasteiger partial charge in [0.15, 0.2) is 0 Å². The minimum absolute atomic E-state index is 0.519. The number of hydrogen-bond donors (Lipinski definition) is 1. The van der Waals surface area contributed by atoms with Crippen molar-refractivity contribution in [2.75, 3.05) is 0 Å². The first-order valence-corrected chi connectivity index (χ1v) is 6.90. The predicted molar refractivity (Wildman–Crippen MR) is 82.1 cm³/mol. The normalized spacial score (nSPS) is 12.5. The second-order valence-electron chi connectivity index (χ2n) is 4.93. The largest absolute Gasteiger partial charge is 0.481 e. The highest BCUT2D eigenvalue weighted by Crippen LogP contribution is 2.21. The first kappa shape index (κ1) is 13.6. The molecular weight excluding hydrogens is 288 g/mol. The lowest BCUT2D eigenvalue weighted by molar-refractivity contribution is -0.138. The van der Waals surface area contributed by atoms with E-state index in [1.807, 2.05) is 48.7 Å². The SMILES string of the molecule is C[C@@H](C(=O)O)c1ccc(-n2cc3ccc(Cl)cc3n2)cc1. The van der Waals surface area contributed by atoms with Crippen molar-refractivity contribution in [3.8, 4) is 5.69 Å². The first-order valence-electron chi connectivity index (χ1n) is 6.52. The smallest absolute Gasteiger partial charge is 0.310 e. The maximum absolute atomic E-state index is 11.0. The molecule has 0 aliphatic rings. The Hall–Kier alpha value is -2.33. The number of aliphatic carboxylic acids is 1. The molecule has 21 heavy (non-hydrogen) atoms. The van der Waals surface area contributed by atoms with Gasteiger partial charge in [-0.05, 0) is 42.8 Å². The quantitative estimate of drug-likeness (QED) is 0.799. The van der Waals surface area contributed by atoms with E-state index in [1.54, 1.807) is 11.6 Å². The summed E-state index contributed by atoms with van der Waals surface area (Å²) in [5.74, 6) is -1.35. The second-order valence-corrected chi connectivity index (χ2v) is 5.36. The van der Waals surface area contributed by atoms with Crippen LogP contribution in [0.15, 0.2) is 48.7 Å². The zero-order chi connectivity index (χ0) is 15.0. The van der Waals surface area contributed by atoms with Gasteiger partial charge in [0.05, 0.1) is 17.1 Å². The molecular formula is C16H13ClN2O2. The number of halogens is 1. The van der Waals surface area contributed by atoms with Crippen LogP contribution >= 0.6 is 11.6 Å². The Bertz CT molecular complexity index is 809. The van der Waals surface area contributed by atoms with Gasteiger partial charge in [0, 0.05) is 16.6 Å². The molecule has 4 nitrogen and oxygen atoms in total. The molecule has 1 N–H and O–H groups in total. The van der Waals surface area contributed by atoms with Crippen molar-refractivity contribution in [3.05, 3.63) is 59.2 Å². The van der Waals surface area contributed by atoms with E-state index in [-0.39, 0.29) is 0 Å². The average Bonchev–Trinajstić information content (AvgIpc) is 2.89. The molecule has 2 aromatic carbocycles. The molecule has 3 aromatic rings. The molecule has 1 heterocycles. The molecule has 0 unspecified atom stereocenters. The number of fused-ring (bicyclic) bond motifs is 1. The summed E-state index contributed by atoms with van der Waals surface area (Å²) < 4.78 is 1.76. The zero-order valence-electron chi connectivity index (χ0n) is 11.3. The van der Waals surface area contributed by atoms with E-state index >= 15 is 0 Å². The fraction of sp³-hybridized carbons (Fsp3) is 0.125. The number of hydrogen-bond acceptors (Lipinski definition) is 2. The van der Waals surface area contributed by atoms with E-state index in [2.05, 4.69) is 5.10 Å². The number of rotatable bonds is 3. The van der Waals surface area contributed by atoms with Gasteiger partial charge in [-0.3, -0.25) is 4.79 Å². The topological polar surface area (TPSA) is 55.1 Å². The fourth-order valence-electron chi connectivity index (χ4n) is 2.18. The molecule has 0 aliphatic carbocycles. The number of benzene rings is 2. The van der Waals surface area contributed by atoms with Crippen LogP contribution in [-0.4, -0.2) is 20.9 Å². The van der Waals surface area contributed by atoms with Crippen LogP contribution in [0.1, 0.15) is 18.4 Å². The van der Waals surface area contributed by atoms with Crippen molar-refractivity contribution in [3.63, 3.8) is 0 Å². The number of nitrogens with zero attached hydrogens (tertiary/aromatic N) is 2. The molecule has 0 radical (unpaired) electrons. The summed E-state index contributed by atoms with van der Waals surface area (Å²) in [5.41, 5.74) is 2.47. The summed E-state index contributed by atoms with van der Waals surface area (Å²) >= 11 is 5.95. The molecule has 1 aromatic heterocycles. The minimum Gasteiger partial charge on any atom is -0.481 e. The van der Waals surface area contributed by atoms with Gasteiger partial charge in [-0.15, -0.1) is 0 Å². The molecule has 0 amide bonds. The molecule has 0 spiro atoms. The minimum atomic E-state index is -0.831. The maximum atomic E-state index is 11.0. The van der Waals surface area contributed by atoms with Gasteiger partial charge < -0.3 is 5.11 Å². The van der Waals surface area contributed by atoms with Gasteiger partial charge >= 0.3 is 5.97 Å². The van der Waals surface area contributed by atoms with E-state index in [0.29, 0.717) is 5.02 Å². The lowest BCUT2D eigenvalue weighted by Gasteiger charge is -2.07. The third-order valence-corrected chi connectivity index (χ3v) is 3.73. The first-order chi connectivity index (χ1) is 10.0. The summed E-state index contributed by atoms with van der Waals surface area (Å²) in [4.78, 5) is 11.0. The van der Waals surface area contributed by atoms with Crippen LogP contribution in [0.2, 0.25) is 5.02 Å². The zero-order valence-corrected chi connectivity index (χ0v) is 12.1. The summed E-state index contributed by atoms with van der Waals surface area (Å²) in [6.45, 7) is 1.67. The van der Waals surface area contributed by atoms with E-state index < -0.39 is 11.9 Å². The van der Waals surface area contributed by atoms with Crippen LogP contribution in [-0.2, 0) is 4.79 Å². The summed E-state index contributed by atoms with van der Waals surface area (Å²) in [5, 5.41) is 15.1. The van der Waals surface area contributed by atoms with Crippen LogP contribution in [0.4, 0.5) is 0 Å². The van der Waals surface area contributed by atoms with Crippen LogP contribution in [0.5, 0.6) is 0 Å². The van der Waals surface area contributed by atoms with E-state index in [0.717, 1.165) is 22.2 Å². The third-order valence-electron chi connectivity index (χ3n) is 3.50. The number of carboxylic acids is 1. The highest BCUT2D eigenvalue weighted by atomic mass is 35.5. The van der Waals surface area contributed by atoms with Crippen molar-refractivity contribution in [1.29, 1.82) is 0 Å². The third kappa shape index (κ3) is 2.62. The van der Waals surface area contributed by atoms with E-state index in [9.17, 15) is 4.79 Å². The highest BCUT2D eigenvalue weighted by molar-refractivity contribution is 6.31. The van der Waals surface area contributed by atoms with Crippen LogP contribution < -0.4 is 0 Å². The summed E-state index contributed by atoms with van der Waals surface area (Å²) in [6.07, 6.45) is 1.92. The lowest BCUT2D eigenvalue weighted by atomic mass is 10.0. The Kier molecular flexibility index (Phi) is 3.39. The van der Waals surface area contributed by atoms with Gasteiger partial charge in [0.2, 0.25) is 0 Å². The Morgan fingerprint density at radius 3 is 2.62 bits per heavy atom. The van der Waals surface area contributed by atoms with Crippen molar-refractivity contribution < 1.29 is 9.90 Å². The van der Waals surface area contributed by atoms with Crippen LogP contribution in [0.25, 0.3) is 16.6 Å². The van der Waals surface area contributed by atoms with Crippen molar-refractivity contribution in [1.82, 2.24) is 9.78 Å². The fourth-order valence-corrected chi connectivity index (χ4v) is 2.35. The Labute approximate surface area is 126 Å². The van der Waals surface area contributed by atoms with Crippen LogP contribution in [0.3, 0.4) is 0 Å². The average molecular weight is 301 g/mol. The van der Waals surface area contributed by atoms with Gasteiger partial charge in [-0.1, -0.05) is 23.7 Å². The predicted octanol–water partition coefficient (Wildman–Crippen LogP) is 3.87. The Morgan fingerprint density at radius 2 is 1.95 bits per heavy atom. The standard InChI is InChI=1S/C16H13ClN2O2/c1-10(16(20)21)11-3-6-14(7-4-11)19-9-12-2-5-13(17)8-15(12)18-19/h2-10H,1H3,(H,20,21)/t10-/m1/s1. The van der Waals surface area contributed by atoms with Crippen LogP contribution in [0, 0.1) is 0 Å². The lowest BCUT2D eigenvalue weighted by Crippen LogP contribution is -2.07. The molecule has 106 valence electrons. The van der Waals surface area contributed by atoms with Crippen molar-refractivity contribution in [2.24, 2.45) is 0 Å². The Balaban J connectivity index is 1.97. The molecule has 0 aliphatic heterocycles. The monoisotopic (exact) mass is 300 g/mol. The summed E-state index contributed by atoms with van der Waals surface area (Å²) in [6, 6.07) is 12.9. The maximum Gasteiger partial charge on any atom is 0.310 e. The molecule has 1 atom stereocenters. The molecule has 0 saturated heterocycles. The van der Waals surface area contributed by atoms with E-state index in [1.165, 1.54) is 0 Å². The molecule has 0 fully saturated rings. The summed E-state index contributed by atoms with van der Waals surface area (Å²) in [7, 11) is 0. The van der Waals surface area contributed by atoms with Gasteiger partial charge in [0.25, 0.3) is 0 Å². The Morgan fingerprint density at radius 1 is 1.24 bits per heavy atom. The molecule has 5 heteroatoms. The molecule has 3 rings (SSSR count). The molecule has 0 saturated carbocycles. The number of carbonyl (C=O) groups is 1. The van der Waals surface area contributed by atoms with Gasteiger partial charge in [0.1, 0.15) is 0 Å². The molecule has 0 bridgehead atoms. The second kappa shape index (κ2) is 5.22. The van der Waals surface area contributed by atoms with Gasteiger partial charge in [-0.25, -0.2) is 4.68 Å². The van der Waals surface area contributed by atoms with Crippen molar-refractivity contribution >= 4 is 28.5 Å². The van der Waals surface area contributed by atoms with Crippen molar-refractivity contribution in [2.45, 2.75) is 12.8 Å². The number of carboxylic acid groups (broad SMARTS) is 1.